The van der Waals surface area contributed by atoms with Crippen LogP contribution in [0, 0.1) is 17.0 Å². The monoisotopic (exact) mass is 309 g/mol. The molecule has 0 saturated heterocycles. The molecule has 0 bridgehead atoms. The Morgan fingerprint density at radius 2 is 2.29 bits per heavy atom. The quantitative estimate of drug-likeness (QED) is 0.419. The summed E-state index contributed by atoms with van der Waals surface area (Å²) in [6.45, 7) is 3.50. The van der Waals surface area contributed by atoms with Crippen molar-refractivity contribution in [1.29, 1.82) is 0 Å². The highest BCUT2D eigenvalue weighted by Gasteiger charge is 2.24. The number of hydrogen-bond acceptors (Lipinski definition) is 9. The van der Waals surface area contributed by atoms with Crippen LogP contribution in [0.5, 0.6) is 0 Å². The maximum atomic E-state index is 11.2. The number of hydrogen-bond donors (Lipinski definition) is 3. The van der Waals surface area contributed by atoms with Gasteiger partial charge in [-0.15, -0.1) is 11.3 Å². The molecule has 2 heterocycles. The smallest absolute Gasteiger partial charge is 0.332 e. The van der Waals surface area contributed by atoms with Gasteiger partial charge in [-0.3, -0.25) is 15.5 Å². The maximum absolute atomic E-state index is 11.2. The van der Waals surface area contributed by atoms with Crippen molar-refractivity contribution in [3.05, 3.63) is 32.4 Å². The van der Waals surface area contributed by atoms with E-state index in [0.717, 1.165) is 5.01 Å². The second-order valence-corrected chi connectivity index (χ2v) is 5.13. The molecular formula is C11H15N7O2S. The van der Waals surface area contributed by atoms with Crippen LogP contribution in [0.25, 0.3) is 0 Å². The largest absolute Gasteiger partial charge is 0.355 e. The van der Waals surface area contributed by atoms with Crippen LogP contribution in [0.3, 0.4) is 0 Å². The van der Waals surface area contributed by atoms with Crippen molar-refractivity contribution in [2.24, 2.45) is 5.84 Å². The number of nitro groups is 1. The lowest BCUT2D eigenvalue weighted by molar-refractivity contribution is -0.385. The lowest BCUT2D eigenvalue weighted by Crippen LogP contribution is -2.17. The number of nitrogens with zero attached hydrogens (tertiary/aromatic N) is 4. The van der Waals surface area contributed by atoms with Gasteiger partial charge in [-0.2, -0.15) is 4.98 Å². The van der Waals surface area contributed by atoms with Crippen LogP contribution in [0.2, 0.25) is 0 Å². The topological polar surface area (TPSA) is 132 Å². The van der Waals surface area contributed by atoms with Gasteiger partial charge in [0.2, 0.25) is 11.8 Å². The molecule has 0 amide bonds. The minimum atomic E-state index is -0.507. The normalized spacial score (nSPS) is 12.0. The Morgan fingerprint density at radius 1 is 1.52 bits per heavy atom. The van der Waals surface area contributed by atoms with E-state index in [1.807, 2.05) is 12.3 Å². The van der Waals surface area contributed by atoms with E-state index >= 15 is 0 Å². The van der Waals surface area contributed by atoms with Crippen molar-refractivity contribution in [3.63, 3.8) is 0 Å². The molecule has 0 fully saturated rings. The highest BCUT2D eigenvalue weighted by molar-refractivity contribution is 7.09. The number of anilines is 2. The molecule has 0 aliphatic carbocycles. The van der Waals surface area contributed by atoms with Gasteiger partial charge in [0, 0.05) is 11.6 Å². The first-order valence-electron chi connectivity index (χ1n) is 6.22. The molecule has 2 rings (SSSR count). The van der Waals surface area contributed by atoms with E-state index in [9.17, 15) is 10.1 Å². The third-order valence-corrected chi connectivity index (χ3v) is 3.73. The van der Waals surface area contributed by atoms with Gasteiger partial charge in [-0.1, -0.05) is 6.92 Å². The molecule has 0 radical (unpaired) electrons. The Hall–Kier alpha value is -2.33. The van der Waals surface area contributed by atoms with Crippen molar-refractivity contribution in [1.82, 2.24) is 15.0 Å². The second-order valence-electron chi connectivity index (χ2n) is 4.21. The number of aryl methyl sites for hydroxylation is 1. The molecule has 10 heteroatoms. The second kappa shape index (κ2) is 6.41. The van der Waals surface area contributed by atoms with Crippen molar-refractivity contribution in [3.8, 4) is 0 Å². The molecule has 0 spiro atoms. The number of nitrogens with two attached hydrogens (primary N) is 1. The van der Waals surface area contributed by atoms with Crippen molar-refractivity contribution in [2.75, 3.05) is 10.7 Å². The number of aromatic nitrogens is 3. The summed E-state index contributed by atoms with van der Waals surface area (Å²) in [7, 11) is 0. The number of thiazole rings is 1. The SMILES string of the molecule is CCC(Nc1nc(NN)nc(C)c1[N+](=O)[O-])c1nccs1. The van der Waals surface area contributed by atoms with Gasteiger partial charge in [0.25, 0.3) is 0 Å². The molecule has 0 saturated carbocycles. The zero-order valence-corrected chi connectivity index (χ0v) is 12.3. The number of nitrogen functional groups attached to an aromatic ring is 1. The fraction of sp³-hybridized carbons (Fsp3) is 0.364. The standard InChI is InChI=1S/C11H15N7O2S/c1-3-7(10-13-4-5-21-10)15-9-8(18(19)20)6(2)14-11(16-9)17-12/h4-5,7H,3,12H2,1-2H3,(H2,14,15,16,17). The molecule has 21 heavy (non-hydrogen) atoms. The van der Waals surface area contributed by atoms with Crippen LogP contribution in [0.1, 0.15) is 30.1 Å². The Labute approximate surface area is 124 Å². The molecule has 1 unspecified atom stereocenters. The summed E-state index contributed by atoms with van der Waals surface area (Å²) in [5.74, 6) is 5.54. The van der Waals surface area contributed by atoms with Gasteiger partial charge in [-0.05, 0) is 13.3 Å². The molecule has 2 aromatic rings. The van der Waals surface area contributed by atoms with Gasteiger partial charge in [0.1, 0.15) is 10.7 Å². The van der Waals surface area contributed by atoms with E-state index in [2.05, 4.69) is 25.7 Å². The first-order chi connectivity index (χ1) is 10.1. The van der Waals surface area contributed by atoms with Crippen LogP contribution in [-0.4, -0.2) is 19.9 Å². The number of rotatable bonds is 6. The summed E-state index contributed by atoms with van der Waals surface area (Å²) in [5.41, 5.74) is 2.38. The van der Waals surface area contributed by atoms with Crippen LogP contribution in [0.15, 0.2) is 11.6 Å². The first kappa shape index (κ1) is 15.1. The lowest BCUT2D eigenvalue weighted by atomic mass is 10.2. The average molecular weight is 309 g/mol. The Balaban J connectivity index is 2.41. The van der Waals surface area contributed by atoms with Crippen LogP contribution in [-0.2, 0) is 0 Å². The molecule has 0 aliphatic heterocycles. The zero-order chi connectivity index (χ0) is 15.4. The molecule has 9 nitrogen and oxygen atoms in total. The summed E-state index contributed by atoms with van der Waals surface area (Å²) in [6, 6.07) is -0.163. The molecule has 0 aliphatic rings. The summed E-state index contributed by atoms with van der Waals surface area (Å²) >= 11 is 1.48. The van der Waals surface area contributed by atoms with E-state index < -0.39 is 4.92 Å². The molecular weight excluding hydrogens is 294 g/mol. The molecule has 1 atom stereocenters. The van der Waals surface area contributed by atoms with E-state index in [-0.39, 0.29) is 29.2 Å². The van der Waals surface area contributed by atoms with Crippen LogP contribution < -0.4 is 16.6 Å². The van der Waals surface area contributed by atoms with E-state index in [4.69, 9.17) is 5.84 Å². The predicted molar refractivity (Wildman–Crippen MR) is 80.0 cm³/mol. The van der Waals surface area contributed by atoms with E-state index in [0.29, 0.717) is 6.42 Å². The third kappa shape index (κ3) is 3.23. The molecule has 4 N–H and O–H groups in total. The van der Waals surface area contributed by atoms with Crippen molar-refractivity contribution >= 4 is 28.8 Å². The van der Waals surface area contributed by atoms with Gasteiger partial charge in [-0.25, -0.2) is 15.8 Å². The highest BCUT2D eigenvalue weighted by Crippen LogP contribution is 2.31. The van der Waals surface area contributed by atoms with Gasteiger partial charge < -0.3 is 5.32 Å². The first-order valence-corrected chi connectivity index (χ1v) is 7.10. The summed E-state index contributed by atoms with van der Waals surface area (Å²) in [5, 5.41) is 17.0. The van der Waals surface area contributed by atoms with Crippen LogP contribution in [0.4, 0.5) is 17.5 Å². The molecule has 0 aromatic carbocycles. The summed E-state index contributed by atoms with van der Waals surface area (Å²) in [4.78, 5) is 22.9. The minimum absolute atomic E-state index is 0.120. The summed E-state index contributed by atoms with van der Waals surface area (Å²) < 4.78 is 0. The Bertz CT molecular complexity index is 632. The fourth-order valence-electron chi connectivity index (χ4n) is 1.86. The van der Waals surface area contributed by atoms with Gasteiger partial charge in [0.05, 0.1) is 11.0 Å². The van der Waals surface area contributed by atoms with Gasteiger partial charge in [0.15, 0.2) is 0 Å². The minimum Gasteiger partial charge on any atom is -0.355 e. The third-order valence-electron chi connectivity index (χ3n) is 2.84. The molecule has 2 aromatic heterocycles. The van der Waals surface area contributed by atoms with E-state index in [1.54, 1.807) is 6.20 Å². The van der Waals surface area contributed by atoms with Crippen LogP contribution >= 0.6 is 11.3 Å². The fourth-order valence-corrected chi connectivity index (χ4v) is 2.63. The highest BCUT2D eigenvalue weighted by atomic mass is 32.1. The van der Waals surface area contributed by atoms with Gasteiger partial charge >= 0.3 is 5.69 Å². The van der Waals surface area contributed by atoms with E-state index in [1.165, 1.54) is 18.3 Å². The van der Waals surface area contributed by atoms with Crippen molar-refractivity contribution < 1.29 is 4.92 Å². The number of nitrogens with one attached hydrogen (secondary N) is 2. The lowest BCUT2D eigenvalue weighted by Gasteiger charge is -2.16. The number of hydrazine groups is 1. The predicted octanol–water partition coefficient (Wildman–Crippen LogP) is 2.00. The van der Waals surface area contributed by atoms with Crippen molar-refractivity contribution in [2.45, 2.75) is 26.3 Å². The Kier molecular flexibility index (Phi) is 4.60. The summed E-state index contributed by atoms with van der Waals surface area (Å²) in [6.07, 6.45) is 2.40. The zero-order valence-electron chi connectivity index (χ0n) is 11.5. The Morgan fingerprint density at radius 3 is 2.81 bits per heavy atom. The molecule has 112 valence electrons. The maximum Gasteiger partial charge on any atom is 0.332 e. The average Bonchev–Trinajstić information content (AvgIpc) is 2.97.